The van der Waals surface area contributed by atoms with Crippen molar-refractivity contribution in [1.82, 2.24) is 0 Å². The molecule has 0 bridgehead atoms. The second-order valence-corrected chi connectivity index (χ2v) is 4.96. The van der Waals surface area contributed by atoms with Gasteiger partial charge in [-0.3, -0.25) is 4.79 Å². The highest BCUT2D eigenvalue weighted by atomic mass is 16.6. The second-order valence-electron chi connectivity index (χ2n) is 4.96. The van der Waals surface area contributed by atoms with Crippen molar-refractivity contribution in [3.63, 3.8) is 0 Å². The summed E-state index contributed by atoms with van der Waals surface area (Å²) < 4.78 is 5.55. The van der Waals surface area contributed by atoms with Crippen molar-refractivity contribution in [2.75, 3.05) is 0 Å². The van der Waals surface area contributed by atoms with Crippen LogP contribution in [0.4, 0.5) is 0 Å². The Morgan fingerprint density at radius 3 is 2.36 bits per heavy atom. The van der Waals surface area contributed by atoms with Crippen molar-refractivity contribution in [3.8, 4) is 0 Å². The van der Waals surface area contributed by atoms with Gasteiger partial charge in [-0.2, -0.15) is 0 Å². The molecule has 1 aliphatic carbocycles. The lowest BCUT2D eigenvalue weighted by Gasteiger charge is -2.29. The second kappa shape index (κ2) is 3.76. The number of hydrogen-bond acceptors (Lipinski definition) is 2. The van der Waals surface area contributed by atoms with Gasteiger partial charge in [-0.25, -0.2) is 0 Å². The molecule has 0 saturated carbocycles. The molecule has 2 nitrogen and oxygen atoms in total. The van der Waals surface area contributed by atoms with Crippen LogP contribution in [0.15, 0.2) is 12.2 Å². The molecule has 0 radical (unpaired) electrons. The minimum Gasteiger partial charge on any atom is -0.458 e. The van der Waals surface area contributed by atoms with E-state index in [1.165, 1.54) is 0 Å². The maximum atomic E-state index is 11.8. The summed E-state index contributed by atoms with van der Waals surface area (Å²) in [5.41, 5.74) is -0.644. The Hall–Kier alpha value is -0.790. The third-order valence-corrected chi connectivity index (χ3v) is 3.04. The predicted octanol–water partition coefficient (Wildman–Crippen LogP) is 3.07. The summed E-state index contributed by atoms with van der Waals surface area (Å²) in [6.07, 6.45) is 6.66. The van der Waals surface area contributed by atoms with Gasteiger partial charge in [0.15, 0.2) is 0 Å². The van der Waals surface area contributed by atoms with E-state index in [2.05, 4.69) is 12.2 Å². The molecule has 80 valence electrons. The Kier molecular flexibility index (Phi) is 3.03. The minimum atomic E-state index is -0.356. The van der Waals surface area contributed by atoms with Crippen LogP contribution in [0.1, 0.15) is 47.0 Å². The summed E-state index contributed by atoms with van der Waals surface area (Å²) in [6, 6.07) is 0. The largest absolute Gasteiger partial charge is 0.458 e. The molecule has 1 aliphatic rings. The molecule has 2 heteroatoms. The number of rotatable bonds is 3. The SMILES string of the molecule is CCC(C)(C)C(=O)OC1(C)CC=CC1. The Labute approximate surface area is 86.3 Å². The van der Waals surface area contributed by atoms with Crippen LogP contribution in [0.2, 0.25) is 0 Å². The lowest BCUT2D eigenvalue weighted by molar-refractivity contribution is -0.168. The van der Waals surface area contributed by atoms with E-state index < -0.39 is 0 Å². The molecule has 0 aromatic carbocycles. The van der Waals surface area contributed by atoms with Crippen molar-refractivity contribution in [2.24, 2.45) is 5.41 Å². The van der Waals surface area contributed by atoms with Crippen LogP contribution in [0.25, 0.3) is 0 Å². The van der Waals surface area contributed by atoms with Crippen LogP contribution in [-0.2, 0) is 9.53 Å². The van der Waals surface area contributed by atoms with Crippen molar-refractivity contribution >= 4 is 5.97 Å². The van der Waals surface area contributed by atoms with Gasteiger partial charge in [0.05, 0.1) is 5.41 Å². The number of ether oxygens (including phenoxy) is 1. The lowest BCUT2D eigenvalue weighted by Crippen LogP contribution is -2.35. The molecule has 0 amide bonds. The number of carbonyl (C=O) groups excluding carboxylic acids is 1. The Bertz CT molecular complexity index is 243. The first-order valence-electron chi connectivity index (χ1n) is 5.28. The molecule has 0 saturated heterocycles. The van der Waals surface area contributed by atoms with Gasteiger partial charge >= 0.3 is 5.97 Å². The van der Waals surface area contributed by atoms with E-state index in [4.69, 9.17) is 4.74 Å². The summed E-state index contributed by atoms with van der Waals surface area (Å²) in [4.78, 5) is 11.8. The fourth-order valence-electron chi connectivity index (χ4n) is 1.34. The number of esters is 1. The quantitative estimate of drug-likeness (QED) is 0.512. The molecule has 0 N–H and O–H groups in total. The van der Waals surface area contributed by atoms with Crippen molar-refractivity contribution in [3.05, 3.63) is 12.2 Å². The highest BCUT2D eigenvalue weighted by Gasteiger charge is 2.35. The monoisotopic (exact) mass is 196 g/mol. The van der Waals surface area contributed by atoms with Gasteiger partial charge in [0.25, 0.3) is 0 Å². The first-order valence-corrected chi connectivity index (χ1v) is 5.28. The van der Waals surface area contributed by atoms with E-state index in [0.29, 0.717) is 0 Å². The van der Waals surface area contributed by atoms with E-state index in [9.17, 15) is 4.79 Å². The molecule has 1 rings (SSSR count). The van der Waals surface area contributed by atoms with Crippen molar-refractivity contribution in [1.29, 1.82) is 0 Å². The molecular formula is C12H20O2. The van der Waals surface area contributed by atoms with Gasteiger partial charge < -0.3 is 4.74 Å². The predicted molar refractivity (Wildman–Crippen MR) is 56.9 cm³/mol. The summed E-state index contributed by atoms with van der Waals surface area (Å²) >= 11 is 0. The zero-order valence-electron chi connectivity index (χ0n) is 9.59. The molecule has 0 heterocycles. The Morgan fingerprint density at radius 1 is 1.43 bits per heavy atom. The molecule has 0 aliphatic heterocycles. The third-order valence-electron chi connectivity index (χ3n) is 3.04. The van der Waals surface area contributed by atoms with Crippen LogP contribution in [-0.4, -0.2) is 11.6 Å². The maximum Gasteiger partial charge on any atom is 0.312 e. The van der Waals surface area contributed by atoms with Crippen molar-refractivity contribution in [2.45, 2.75) is 52.6 Å². The maximum absolute atomic E-state index is 11.8. The third kappa shape index (κ3) is 2.37. The van der Waals surface area contributed by atoms with Crippen LogP contribution in [0.3, 0.4) is 0 Å². The first-order chi connectivity index (χ1) is 6.40. The van der Waals surface area contributed by atoms with Gasteiger partial charge in [0.1, 0.15) is 5.60 Å². The summed E-state index contributed by atoms with van der Waals surface area (Å²) in [5, 5.41) is 0. The zero-order chi connectivity index (χ0) is 10.8. The van der Waals surface area contributed by atoms with Gasteiger partial charge in [0.2, 0.25) is 0 Å². The van der Waals surface area contributed by atoms with E-state index in [-0.39, 0.29) is 17.0 Å². The molecule has 0 spiro atoms. The minimum absolute atomic E-state index is 0.0776. The smallest absolute Gasteiger partial charge is 0.312 e. The van der Waals surface area contributed by atoms with Crippen LogP contribution in [0, 0.1) is 5.41 Å². The fourth-order valence-corrected chi connectivity index (χ4v) is 1.34. The van der Waals surface area contributed by atoms with Gasteiger partial charge in [-0.15, -0.1) is 0 Å². The topological polar surface area (TPSA) is 26.3 Å². The summed E-state index contributed by atoms with van der Waals surface area (Å²) in [7, 11) is 0. The van der Waals surface area contributed by atoms with Gasteiger partial charge in [-0.1, -0.05) is 19.1 Å². The van der Waals surface area contributed by atoms with Crippen LogP contribution < -0.4 is 0 Å². The zero-order valence-corrected chi connectivity index (χ0v) is 9.59. The summed E-state index contributed by atoms with van der Waals surface area (Å²) in [6.45, 7) is 7.87. The molecular weight excluding hydrogens is 176 g/mol. The lowest BCUT2D eigenvalue weighted by atomic mass is 9.90. The van der Waals surface area contributed by atoms with Gasteiger partial charge in [-0.05, 0) is 27.2 Å². The number of carbonyl (C=O) groups is 1. The molecule has 0 aromatic heterocycles. The van der Waals surface area contributed by atoms with E-state index in [0.717, 1.165) is 19.3 Å². The van der Waals surface area contributed by atoms with E-state index in [1.807, 2.05) is 27.7 Å². The molecule has 0 atom stereocenters. The van der Waals surface area contributed by atoms with Crippen LogP contribution >= 0.6 is 0 Å². The average molecular weight is 196 g/mol. The normalized spacial score (nSPS) is 19.7. The Morgan fingerprint density at radius 2 is 1.93 bits per heavy atom. The molecule has 0 unspecified atom stereocenters. The molecule has 0 fully saturated rings. The van der Waals surface area contributed by atoms with Gasteiger partial charge in [0, 0.05) is 12.8 Å². The average Bonchev–Trinajstić information content (AvgIpc) is 2.52. The molecule has 0 aromatic rings. The number of hydrogen-bond donors (Lipinski definition) is 0. The Balaban J connectivity index is 2.56. The van der Waals surface area contributed by atoms with E-state index >= 15 is 0 Å². The van der Waals surface area contributed by atoms with Crippen molar-refractivity contribution < 1.29 is 9.53 Å². The van der Waals surface area contributed by atoms with Crippen LogP contribution in [0.5, 0.6) is 0 Å². The standard InChI is InChI=1S/C12H20O2/c1-5-11(2,3)10(13)14-12(4)8-6-7-9-12/h6-7H,5,8-9H2,1-4H3. The van der Waals surface area contributed by atoms with E-state index in [1.54, 1.807) is 0 Å². The molecule has 14 heavy (non-hydrogen) atoms. The first kappa shape index (κ1) is 11.3. The highest BCUT2D eigenvalue weighted by molar-refractivity contribution is 5.76. The fraction of sp³-hybridized carbons (Fsp3) is 0.750. The highest BCUT2D eigenvalue weighted by Crippen LogP contribution is 2.31. The summed E-state index contributed by atoms with van der Waals surface area (Å²) in [5.74, 6) is -0.0776.